The summed E-state index contributed by atoms with van der Waals surface area (Å²) in [4.78, 5) is 2.76. The highest BCUT2D eigenvalue weighted by atomic mass is 15.2. The fourth-order valence-corrected chi connectivity index (χ4v) is 3.13. The van der Waals surface area contributed by atoms with E-state index >= 15 is 0 Å². The SMILES string of the molecule is CCCCCCCN1CC(C(C)C)NCC1C(C)C. The summed E-state index contributed by atoms with van der Waals surface area (Å²) in [6.45, 7) is 15.4. The fraction of sp³-hybridized carbons (Fsp3) is 1.00. The lowest BCUT2D eigenvalue weighted by atomic mass is 9.94. The van der Waals surface area contributed by atoms with E-state index < -0.39 is 0 Å². The van der Waals surface area contributed by atoms with Crippen LogP contribution < -0.4 is 5.32 Å². The number of nitrogens with zero attached hydrogens (tertiary/aromatic N) is 1. The zero-order chi connectivity index (χ0) is 14.3. The maximum absolute atomic E-state index is 3.75. The minimum Gasteiger partial charge on any atom is -0.311 e. The molecule has 1 aliphatic heterocycles. The van der Waals surface area contributed by atoms with Crippen molar-refractivity contribution in [2.24, 2.45) is 11.8 Å². The molecule has 0 amide bonds. The average Bonchev–Trinajstić information content (AvgIpc) is 2.38. The first-order valence-corrected chi connectivity index (χ1v) is 8.53. The van der Waals surface area contributed by atoms with Crippen LogP contribution in [0.2, 0.25) is 0 Å². The Kier molecular flexibility index (Phi) is 8.01. The molecule has 2 heteroatoms. The molecule has 114 valence electrons. The molecule has 2 atom stereocenters. The van der Waals surface area contributed by atoms with Crippen LogP contribution in [0, 0.1) is 11.8 Å². The first kappa shape index (κ1) is 17.0. The van der Waals surface area contributed by atoms with Crippen molar-refractivity contribution in [3.63, 3.8) is 0 Å². The number of unbranched alkanes of at least 4 members (excludes halogenated alkanes) is 4. The Hall–Kier alpha value is -0.0800. The Morgan fingerprint density at radius 3 is 2.26 bits per heavy atom. The standard InChI is InChI=1S/C17H36N2/c1-6-7-8-9-10-11-19-13-16(14(2)3)18-12-17(19)15(4)5/h14-18H,6-13H2,1-5H3. The Labute approximate surface area is 121 Å². The highest BCUT2D eigenvalue weighted by molar-refractivity contribution is 4.88. The van der Waals surface area contributed by atoms with Crippen LogP contribution in [0.3, 0.4) is 0 Å². The van der Waals surface area contributed by atoms with Crippen LogP contribution in [-0.2, 0) is 0 Å². The van der Waals surface area contributed by atoms with Crippen molar-refractivity contribution in [3.8, 4) is 0 Å². The third-order valence-electron chi connectivity index (χ3n) is 4.61. The Balaban J connectivity index is 2.38. The number of hydrogen-bond donors (Lipinski definition) is 1. The van der Waals surface area contributed by atoms with E-state index in [1.165, 1.54) is 51.7 Å². The Morgan fingerprint density at radius 2 is 1.68 bits per heavy atom. The third-order valence-corrected chi connectivity index (χ3v) is 4.61. The minimum absolute atomic E-state index is 0.686. The van der Waals surface area contributed by atoms with E-state index in [-0.39, 0.29) is 0 Å². The van der Waals surface area contributed by atoms with Crippen molar-refractivity contribution in [2.45, 2.75) is 78.8 Å². The summed E-state index contributed by atoms with van der Waals surface area (Å²) in [6.07, 6.45) is 6.97. The second kappa shape index (κ2) is 8.97. The highest BCUT2D eigenvalue weighted by Crippen LogP contribution is 2.19. The number of rotatable bonds is 8. The minimum atomic E-state index is 0.686. The van der Waals surface area contributed by atoms with Gasteiger partial charge in [0.25, 0.3) is 0 Å². The van der Waals surface area contributed by atoms with Crippen LogP contribution in [0.4, 0.5) is 0 Å². The van der Waals surface area contributed by atoms with E-state index in [2.05, 4.69) is 44.8 Å². The van der Waals surface area contributed by atoms with Gasteiger partial charge in [0.2, 0.25) is 0 Å². The van der Waals surface area contributed by atoms with E-state index in [0.29, 0.717) is 6.04 Å². The summed E-state index contributed by atoms with van der Waals surface area (Å²) in [5, 5.41) is 3.75. The predicted octanol–water partition coefficient (Wildman–Crippen LogP) is 3.91. The monoisotopic (exact) mass is 268 g/mol. The quantitative estimate of drug-likeness (QED) is 0.671. The first-order chi connectivity index (χ1) is 9.06. The summed E-state index contributed by atoms with van der Waals surface area (Å²) in [6, 6.07) is 1.42. The lowest BCUT2D eigenvalue weighted by molar-refractivity contribution is 0.0834. The van der Waals surface area contributed by atoms with Crippen LogP contribution >= 0.6 is 0 Å². The molecule has 0 saturated carbocycles. The summed E-state index contributed by atoms with van der Waals surface area (Å²) in [7, 11) is 0. The molecule has 2 nitrogen and oxygen atoms in total. The number of nitrogens with one attached hydrogen (secondary N) is 1. The third kappa shape index (κ3) is 5.83. The molecule has 1 heterocycles. The number of piperazine rings is 1. The van der Waals surface area contributed by atoms with Crippen molar-refractivity contribution >= 4 is 0 Å². The topological polar surface area (TPSA) is 15.3 Å². The van der Waals surface area contributed by atoms with E-state index in [0.717, 1.165) is 17.9 Å². The molecule has 0 aliphatic carbocycles. The van der Waals surface area contributed by atoms with Gasteiger partial charge < -0.3 is 5.32 Å². The molecule has 0 spiro atoms. The second-order valence-corrected chi connectivity index (χ2v) is 6.98. The van der Waals surface area contributed by atoms with E-state index in [1.807, 2.05) is 0 Å². The summed E-state index contributed by atoms with van der Waals surface area (Å²) in [5.74, 6) is 1.51. The van der Waals surface area contributed by atoms with E-state index in [4.69, 9.17) is 0 Å². The van der Waals surface area contributed by atoms with Gasteiger partial charge >= 0.3 is 0 Å². The maximum Gasteiger partial charge on any atom is 0.0244 e. The van der Waals surface area contributed by atoms with Crippen LogP contribution in [0.1, 0.15) is 66.7 Å². The molecule has 0 bridgehead atoms. The van der Waals surface area contributed by atoms with Gasteiger partial charge in [-0.25, -0.2) is 0 Å². The van der Waals surface area contributed by atoms with Crippen molar-refractivity contribution in [2.75, 3.05) is 19.6 Å². The van der Waals surface area contributed by atoms with E-state index in [9.17, 15) is 0 Å². The first-order valence-electron chi connectivity index (χ1n) is 8.53. The Bertz CT molecular complexity index is 225. The van der Waals surface area contributed by atoms with Gasteiger partial charge in [-0.2, -0.15) is 0 Å². The molecule has 1 fully saturated rings. The molecule has 0 radical (unpaired) electrons. The molecule has 0 aromatic carbocycles. The molecular formula is C17H36N2. The van der Waals surface area contributed by atoms with Gasteiger partial charge in [-0.05, 0) is 24.8 Å². The summed E-state index contributed by atoms with van der Waals surface area (Å²) in [5.41, 5.74) is 0. The van der Waals surface area contributed by atoms with Crippen LogP contribution in [0.25, 0.3) is 0 Å². The average molecular weight is 268 g/mol. The zero-order valence-electron chi connectivity index (χ0n) is 13.9. The van der Waals surface area contributed by atoms with Crippen molar-refractivity contribution in [3.05, 3.63) is 0 Å². The zero-order valence-corrected chi connectivity index (χ0v) is 13.9. The van der Waals surface area contributed by atoms with Crippen LogP contribution in [0.15, 0.2) is 0 Å². The van der Waals surface area contributed by atoms with Crippen molar-refractivity contribution < 1.29 is 0 Å². The van der Waals surface area contributed by atoms with Gasteiger partial charge in [-0.1, -0.05) is 60.3 Å². The lowest BCUT2D eigenvalue weighted by Gasteiger charge is -2.43. The normalized spacial score (nSPS) is 25.4. The van der Waals surface area contributed by atoms with Gasteiger partial charge in [0.1, 0.15) is 0 Å². The Morgan fingerprint density at radius 1 is 1.00 bits per heavy atom. The summed E-state index contributed by atoms with van der Waals surface area (Å²) >= 11 is 0. The second-order valence-electron chi connectivity index (χ2n) is 6.98. The molecule has 1 rings (SSSR count). The van der Waals surface area contributed by atoms with Gasteiger partial charge in [-0.3, -0.25) is 4.90 Å². The molecular weight excluding hydrogens is 232 g/mol. The van der Waals surface area contributed by atoms with Gasteiger partial charge in [0, 0.05) is 25.2 Å². The highest BCUT2D eigenvalue weighted by Gasteiger charge is 2.30. The lowest BCUT2D eigenvalue weighted by Crippen LogP contribution is -2.59. The van der Waals surface area contributed by atoms with Crippen LogP contribution in [0.5, 0.6) is 0 Å². The van der Waals surface area contributed by atoms with Gasteiger partial charge in [-0.15, -0.1) is 0 Å². The molecule has 0 aromatic heterocycles. The molecule has 19 heavy (non-hydrogen) atoms. The van der Waals surface area contributed by atoms with Gasteiger partial charge in [0.15, 0.2) is 0 Å². The largest absolute Gasteiger partial charge is 0.311 e. The van der Waals surface area contributed by atoms with E-state index in [1.54, 1.807) is 0 Å². The summed E-state index contributed by atoms with van der Waals surface area (Å²) < 4.78 is 0. The smallest absolute Gasteiger partial charge is 0.0244 e. The molecule has 0 aromatic rings. The fourth-order valence-electron chi connectivity index (χ4n) is 3.13. The molecule has 2 unspecified atom stereocenters. The molecule has 1 saturated heterocycles. The van der Waals surface area contributed by atoms with Gasteiger partial charge in [0.05, 0.1) is 0 Å². The van der Waals surface area contributed by atoms with Crippen molar-refractivity contribution in [1.82, 2.24) is 10.2 Å². The molecule has 1 N–H and O–H groups in total. The molecule has 1 aliphatic rings. The van der Waals surface area contributed by atoms with Crippen molar-refractivity contribution in [1.29, 1.82) is 0 Å². The van der Waals surface area contributed by atoms with Crippen LogP contribution in [-0.4, -0.2) is 36.6 Å². The predicted molar refractivity (Wildman–Crippen MR) is 85.6 cm³/mol. The number of hydrogen-bond acceptors (Lipinski definition) is 2. The maximum atomic E-state index is 3.75.